The zero-order valence-corrected chi connectivity index (χ0v) is 14.7. The average Bonchev–Trinajstić information content (AvgIpc) is 2.61. The van der Waals surface area contributed by atoms with E-state index < -0.39 is 0 Å². The molecule has 2 aliphatic heterocycles. The van der Waals surface area contributed by atoms with E-state index >= 15 is 0 Å². The van der Waals surface area contributed by atoms with Crippen LogP contribution in [0.3, 0.4) is 0 Å². The SMILES string of the molecule is CCCN1CCC(N2CCc3cc(OC)c([N+](=O)[O-])cc3C2)CC1. The van der Waals surface area contributed by atoms with E-state index in [4.69, 9.17) is 4.74 Å². The summed E-state index contributed by atoms with van der Waals surface area (Å²) in [5, 5.41) is 11.3. The number of methoxy groups -OCH3 is 1. The second-order valence-corrected chi connectivity index (χ2v) is 6.84. The van der Waals surface area contributed by atoms with Crippen molar-refractivity contribution in [3.63, 3.8) is 0 Å². The first kappa shape index (κ1) is 17.2. The molecule has 0 atom stereocenters. The highest BCUT2D eigenvalue weighted by atomic mass is 16.6. The minimum atomic E-state index is -0.346. The van der Waals surface area contributed by atoms with E-state index in [1.807, 2.05) is 6.07 Å². The molecule has 0 saturated carbocycles. The first-order valence-electron chi connectivity index (χ1n) is 8.93. The Kier molecular flexibility index (Phi) is 5.36. The molecule has 2 aliphatic rings. The van der Waals surface area contributed by atoms with Gasteiger partial charge in [0, 0.05) is 25.2 Å². The molecule has 0 N–H and O–H groups in total. The highest BCUT2D eigenvalue weighted by molar-refractivity contribution is 5.52. The molecule has 6 nitrogen and oxygen atoms in total. The summed E-state index contributed by atoms with van der Waals surface area (Å²) < 4.78 is 5.19. The smallest absolute Gasteiger partial charge is 0.311 e. The van der Waals surface area contributed by atoms with Crippen LogP contribution in [0.1, 0.15) is 37.3 Å². The number of likely N-dealkylation sites (tertiary alicyclic amines) is 1. The summed E-state index contributed by atoms with van der Waals surface area (Å²) in [5.41, 5.74) is 2.36. The van der Waals surface area contributed by atoms with Crippen LogP contribution in [-0.2, 0) is 13.0 Å². The van der Waals surface area contributed by atoms with E-state index in [9.17, 15) is 10.1 Å². The van der Waals surface area contributed by atoms with E-state index in [1.54, 1.807) is 6.07 Å². The van der Waals surface area contributed by atoms with Crippen molar-refractivity contribution in [2.24, 2.45) is 0 Å². The van der Waals surface area contributed by atoms with Gasteiger partial charge in [0.25, 0.3) is 0 Å². The maximum absolute atomic E-state index is 11.3. The fraction of sp³-hybridized carbons (Fsp3) is 0.667. The third kappa shape index (κ3) is 3.54. The highest BCUT2D eigenvalue weighted by Gasteiger charge is 2.29. The molecule has 0 unspecified atom stereocenters. The normalized spacial score (nSPS) is 19.9. The predicted molar refractivity (Wildman–Crippen MR) is 93.5 cm³/mol. The van der Waals surface area contributed by atoms with Gasteiger partial charge < -0.3 is 9.64 Å². The van der Waals surface area contributed by atoms with Crippen LogP contribution in [0.25, 0.3) is 0 Å². The van der Waals surface area contributed by atoms with Crippen molar-refractivity contribution < 1.29 is 9.66 Å². The predicted octanol–water partition coefficient (Wildman–Crippen LogP) is 2.84. The lowest BCUT2D eigenvalue weighted by molar-refractivity contribution is -0.385. The Morgan fingerprint density at radius 1 is 1.25 bits per heavy atom. The van der Waals surface area contributed by atoms with Crippen LogP contribution < -0.4 is 4.74 Å². The van der Waals surface area contributed by atoms with Gasteiger partial charge in [0.05, 0.1) is 12.0 Å². The number of piperidine rings is 1. The van der Waals surface area contributed by atoms with E-state index in [0.29, 0.717) is 11.8 Å². The number of nitrogens with zero attached hydrogens (tertiary/aromatic N) is 3. The molecule has 0 radical (unpaired) electrons. The number of nitro groups is 1. The molecule has 1 aromatic rings. The van der Waals surface area contributed by atoms with Gasteiger partial charge in [0.1, 0.15) is 0 Å². The molecule has 0 aliphatic carbocycles. The van der Waals surface area contributed by atoms with Gasteiger partial charge in [0.2, 0.25) is 0 Å². The van der Waals surface area contributed by atoms with Crippen molar-refractivity contribution in [3.8, 4) is 5.75 Å². The van der Waals surface area contributed by atoms with E-state index in [-0.39, 0.29) is 10.6 Å². The van der Waals surface area contributed by atoms with Gasteiger partial charge in [-0.3, -0.25) is 15.0 Å². The van der Waals surface area contributed by atoms with E-state index in [1.165, 1.54) is 51.6 Å². The van der Waals surface area contributed by atoms with E-state index in [0.717, 1.165) is 25.1 Å². The first-order valence-corrected chi connectivity index (χ1v) is 8.93. The Labute approximate surface area is 143 Å². The van der Waals surface area contributed by atoms with Crippen LogP contribution in [0.15, 0.2) is 12.1 Å². The van der Waals surface area contributed by atoms with Crippen molar-refractivity contribution in [1.82, 2.24) is 9.80 Å². The Hall–Kier alpha value is -1.66. The maximum atomic E-state index is 11.3. The molecule has 0 spiro atoms. The summed E-state index contributed by atoms with van der Waals surface area (Å²) in [7, 11) is 1.49. The van der Waals surface area contributed by atoms with Gasteiger partial charge in [-0.1, -0.05) is 6.92 Å². The first-order chi connectivity index (χ1) is 11.6. The molecule has 0 amide bonds. The minimum absolute atomic E-state index is 0.0795. The molecule has 1 saturated heterocycles. The maximum Gasteiger partial charge on any atom is 0.311 e. The number of rotatable bonds is 5. The fourth-order valence-electron chi connectivity index (χ4n) is 4.04. The molecule has 3 rings (SSSR count). The van der Waals surface area contributed by atoms with Crippen LogP contribution in [0.4, 0.5) is 5.69 Å². The van der Waals surface area contributed by atoms with Crippen LogP contribution in [-0.4, -0.2) is 54.1 Å². The zero-order chi connectivity index (χ0) is 17.1. The zero-order valence-electron chi connectivity index (χ0n) is 14.7. The number of ether oxygens (including phenoxy) is 1. The van der Waals surface area contributed by atoms with Crippen molar-refractivity contribution in [2.45, 2.75) is 45.2 Å². The van der Waals surface area contributed by atoms with E-state index in [2.05, 4.69) is 16.7 Å². The quantitative estimate of drug-likeness (QED) is 0.612. The Morgan fingerprint density at radius 2 is 2.00 bits per heavy atom. The third-order valence-corrected chi connectivity index (χ3v) is 5.35. The molecule has 0 aromatic heterocycles. The lowest BCUT2D eigenvalue weighted by atomic mass is 9.94. The molecule has 132 valence electrons. The van der Waals surface area contributed by atoms with Gasteiger partial charge in [0.15, 0.2) is 5.75 Å². The van der Waals surface area contributed by atoms with Crippen LogP contribution in [0.5, 0.6) is 5.75 Å². The molecule has 24 heavy (non-hydrogen) atoms. The van der Waals surface area contributed by atoms with Crippen molar-refractivity contribution in [1.29, 1.82) is 0 Å². The fourth-order valence-corrected chi connectivity index (χ4v) is 4.04. The van der Waals surface area contributed by atoms with Crippen LogP contribution >= 0.6 is 0 Å². The van der Waals surface area contributed by atoms with Gasteiger partial charge in [-0.05, 0) is 62.5 Å². The molecular weight excluding hydrogens is 306 g/mol. The number of nitro benzene ring substituents is 1. The third-order valence-electron chi connectivity index (χ3n) is 5.35. The molecule has 1 fully saturated rings. The van der Waals surface area contributed by atoms with Crippen LogP contribution in [0.2, 0.25) is 0 Å². The summed E-state index contributed by atoms with van der Waals surface area (Å²) in [6.07, 6.45) is 4.56. The second kappa shape index (κ2) is 7.49. The number of benzene rings is 1. The number of hydrogen-bond donors (Lipinski definition) is 0. The standard InChI is InChI=1S/C18H27N3O3/c1-3-7-19-8-5-16(6-9-19)20-10-4-14-12-18(24-2)17(21(22)23)11-15(14)13-20/h11-12,16H,3-10,13H2,1-2H3. The highest BCUT2D eigenvalue weighted by Crippen LogP contribution is 2.34. The van der Waals surface area contributed by atoms with Crippen molar-refractivity contribution >= 4 is 5.69 Å². The monoisotopic (exact) mass is 333 g/mol. The minimum Gasteiger partial charge on any atom is -0.490 e. The van der Waals surface area contributed by atoms with Gasteiger partial charge >= 0.3 is 5.69 Å². The molecule has 2 heterocycles. The van der Waals surface area contributed by atoms with Crippen molar-refractivity contribution in [2.75, 3.05) is 33.3 Å². The van der Waals surface area contributed by atoms with Gasteiger partial charge in [-0.2, -0.15) is 0 Å². The second-order valence-electron chi connectivity index (χ2n) is 6.84. The Bertz CT molecular complexity index is 597. The van der Waals surface area contributed by atoms with Gasteiger partial charge in [-0.25, -0.2) is 0 Å². The number of hydrogen-bond acceptors (Lipinski definition) is 5. The average molecular weight is 333 g/mol. The summed E-state index contributed by atoms with van der Waals surface area (Å²) in [5.74, 6) is 0.375. The summed E-state index contributed by atoms with van der Waals surface area (Å²) >= 11 is 0. The number of fused-ring (bicyclic) bond motifs is 1. The Morgan fingerprint density at radius 3 is 2.62 bits per heavy atom. The summed E-state index contributed by atoms with van der Waals surface area (Å²) in [6.45, 7) is 7.62. The molecule has 1 aromatic carbocycles. The molecule has 6 heteroatoms. The lowest BCUT2D eigenvalue weighted by Gasteiger charge is -2.40. The molecular formula is C18H27N3O3. The van der Waals surface area contributed by atoms with Gasteiger partial charge in [-0.15, -0.1) is 0 Å². The molecule has 0 bridgehead atoms. The van der Waals surface area contributed by atoms with Crippen molar-refractivity contribution in [3.05, 3.63) is 33.4 Å². The van der Waals surface area contributed by atoms with Crippen LogP contribution in [0, 0.1) is 10.1 Å². The summed E-state index contributed by atoms with van der Waals surface area (Å²) in [6, 6.07) is 4.17. The summed E-state index contributed by atoms with van der Waals surface area (Å²) in [4.78, 5) is 16.0. The largest absolute Gasteiger partial charge is 0.490 e. The lowest BCUT2D eigenvalue weighted by Crippen LogP contribution is -2.46. The Balaban J connectivity index is 1.70. The topological polar surface area (TPSA) is 58.8 Å².